The first-order valence-corrected chi connectivity index (χ1v) is 5.54. The van der Waals surface area contributed by atoms with Gasteiger partial charge in [-0.25, -0.2) is 0 Å². The molecule has 1 heterocycles. The summed E-state index contributed by atoms with van der Waals surface area (Å²) in [5.74, 6) is -1.19. The Labute approximate surface area is 96.5 Å². The second-order valence-electron chi connectivity index (χ2n) is 3.36. The van der Waals surface area contributed by atoms with Crippen molar-refractivity contribution in [2.45, 2.75) is 0 Å². The van der Waals surface area contributed by atoms with Crippen molar-refractivity contribution >= 4 is 28.8 Å². The highest BCUT2D eigenvalue weighted by Crippen LogP contribution is 2.53. The number of hydrogen-bond donors (Lipinski definition) is 0. The lowest BCUT2D eigenvalue weighted by atomic mass is 9.98. The van der Waals surface area contributed by atoms with E-state index >= 15 is 0 Å². The molecule has 0 atom stereocenters. The predicted molar refractivity (Wildman–Crippen MR) is 58.8 cm³/mol. The topological polar surface area (TPSA) is 52.6 Å². The molecular formula is C11H10O4S. The average Bonchev–Trinajstić information content (AvgIpc) is 2.84. The molecule has 4 nitrogen and oxygen atoms in total. The molecule has 0 aromatic carbocycles. The third kappa shape index (κ3) is 1.36. The van der Waals surface area contributed by atoms with Crippen molar-refractivity contribution in [3.05, 3.63) is 28.5 Å². The van der Waals surface area contributed by atoms with Gasteiger partial charge in [0.2, 0.25) is 5.41 Å². The first-order chi connectivity index (χ1) is 7.66. The number of ether oxygens (including phenoxy) is 2. The molecule has 1 aliphatic carbocycles. The van der Waals surface area contributed by atoms with Crippen molar-refractivity contribution in [1.29, 1.82) is 0 Å². The lowest BCUT2D eigenvalue weighted by Crippen LogP contribution is -2.31. The summed E-state index contributed by atoms with van der Waals surface area (Å²) in [6, 6.07) is 1.85. The average molecular weight is 238 g/mol. The van der Waals surface area contributed by atoms with Crippen molar-refractivity contribution in [2.24, 2.45) is 5.41 Å². The SMILES string of the molecule is COC(=O)C1(C(=O)OC)C=C1c1ccsc1. The number of thiophene rings is 1. The van der Waals surface area contributed by atoms with Crippen LogP contribution in [-0.4, -0.2) is 26.2 Å². The van der Waals surface area contributed by atoms with E-state index in [0.29, 0.717) is 5.57 Å². The van der Waals surface area contributed by atoms with Gasteiger partial charge in [0.05, 0.1) is 14.2 Å². The van der Waals surface area contributed by atoms with Crippen molar-refractivity contribution in [3.63, 3.8) is 0 Å². The van der Waals surface area contributed by atoms with Crippen LogP contribution >= 0.6 is 11.3 Å². The van der Waals surface area contributed by atoms with Gasteiger partial charge in [-0.2, -0.15) is 11.3 Å². The molecular weight excluding hydrogens is 228 g/mol. The Morgan fingerprint density at radius 1 is 1.25 bits per heavy atom. The normalized spacial score (nSPS) is 16.2. The molecule has 2 rings (SSSR count). The molecule has 0 N–H and O–H groups in total. The smallest absolute Gasteiger partial charge is 0.331 e. The Morgan fingerprint density at radius 2 is 1.88 bits per heavy atom. The molecule has 1 aromatic heterocycles. The molecule has 0 aliphatic heterocycles. The number of rotatable bonds is 3. The van der Waals surface area contributed by atoms with Gasteiger partial charge in [0.25, 0.3) is 0 Å². The maximum absolute atomic E-state index is 11.6. The van der Waals surface area contributed by atoms with Crippen LogP contribution in [0.25, 0.3) is 5.57 Å². The number of carbonyl (C=O) groups excluding carboxylic acids is 2. The Balaban J connectivity index is 2.30. The van der Waals surface area contributed by atoms with Crippen molar-refractivity contribution < 1.29 is 19.1 Å². The second kappa shape index (κ2) is 3.75. The molecule has 0 saturated carbocycles. The summed E-state index contributed by atoms with van der Waals surface area (Å²) in [6.45, 7) is 0. The Bertz CT molecular complexity index is 442. The highest BCUT2D eigenvalue weighted by Gasteiger charge is 2.60. The summed E-state index contributed by atoms with van der Waals surface area (Å²) >= 11 is 1.50. The minimum absolute atomic E-state index is 0.597. The molecule has 0 fully saturated rings. The zero-order valence-corrected chi connectivity index (χ0v) is 9.67. The molecule has 0 spiro atoms. The molecule has 0 radical (unpaired) electrons. The molecule has 1 aliphatic rings. The van der Waals surface area contributed by atoms with Crippen LogP contribution in [0.4, 0.5) is 0 Å². The van der Waals surface area contributed by atoms with Gasteiger partial charge in [-0.15, -0.1) is 0 Å². The number of methoxy groups -OCH3 is 2. The molecule has 0 bridgehead atoms. The summed E-state index contributed by atoms with van der Waals surface area (Å²) < 4.78 is 9.28. The fourth-order valence-electron chi connectivity index (χ4n) is 1.65. The van der Waals surface area contributed by atoms with Gasteiger partial charge in [-0.05, 0) is 34.0 Å². The van der Waals surface area contributed by atoms with E-state index in [4.69, 9.17) is 0 Å². The van der Waals surface area contributed by atoms with E-state index in [2.05, 4.69) is 9.47 Å². The number of hydrogen-bond acceptors (Lipinski definition) is 5. The summed E-state index contributed by atoms with van der Waals surface area (Å²) in [5, 5.41) is 3.76. The largest absolute Gasteiger partial charge is 0.468 e. The Kier molecular flexibility index (Phi) is 2.55. The second-order valence-corrected chi connectivity index (χ2v) is 4.14. The van der Waals surface area contributed by atoms with Crippen molar-refractivity contribution in [2.75, 3.05) is 14.2 Å². The standard InChI is InChI=1S/C11H10O4S/c1-14-9(12)11(10(13)15-2)5-8(11)7-3-4-16-6-7/h3-6H,1-2H3. The van der Waals surface area contributed by atoms with E-state index in [0.717, 1.165) is 5.56 Å². The minimum atomic E-state index is -1.31. The van der Waals surface area contributed by atoms with Gasteiger partial charge in [0.1, 0.15) is 0 Å². The Morgan fingerprint density at radius 3 is 2.31 bits per heavy atom. The van der Waals surface area contributed by atoms with Crippen LogP contribution in [-0.2, 0) is 19.1 Å². The molecule has 0 amide bonds. The summed E-state index contributed by atoms with van der Waals surface area (Å²) in [7, 11) is 2.51. The van der Waals surface area contributed by atoms with Crippen LogP contribution in [0.2, 0.25) is 0 Å². The monoisotopic (exact) mass is 238 g/mol. The molecule has 1 aromatic rings. The molecule has 84 valence electrons. The van der Waals surface area contributed by atoms with Gasteiger partial charge < -0.3 is 9.47 Å². The lowest BCUT2D eigenvalue weighted by molar-refractivity contribution is -0.158. The zero-order valence-electron chi connectivity index (χ0n) is 8.85. The van der Waals surface area contributed by atoms with Crippen LogP contribution in [0.1, 0.15) is 5.56 Å². The first-order valence-electron chi connectivity index (χ1n) is 4.59. The van der Waals surface area contributed by atoms with Crippen LogP contribution in [0.3, 0.4) is 0 Å². The summed E-state index contributed by atoms with van der Waals surface area (Å²) in [6.07, 6.45) is 1.58. The molecule has 16 heavy (non-hydrogen) atoms. The maximum Gasteiger partial charge on any atom is 0.331 e. The van der Waals surface area contributed by atoms with E-state index in [1.54, 1.807) is 6.08 Å². The van der Waals surface area contributed by atoms with E-state index in [1.165, 1.54) is 25.6 Å². The van der Waals surface area contributed by atoms with Crippen molar-refractivity contribution in [3.8, 4) is 0 Å². The highest BCUT2D eigenvalue weighted by molar-refractivity contribution is 7.08. The third-order valence-corrected chi connectivity index (χ3v) is 3.23. The van der Waals surface area contributed by atoms with E-state index in [1.807, 2.05) is 16.8 Å². The molecule has 0 saturated heterocycles. The van der Waals surface area contributed by atoms with Gasteiger partial charge in [-0.1, -0.05) is 0 Å². The lowest BCUT2D eigenvalue weighted by Gasteiger charge is -2.12. The van der Waals surface area contributed by atoms with Crippen LogP contribution in [0.15, 0.2) is 22.9 Å². The van der Waals surface area contributed by atoms with E-state index in [9.17, 15) is 9.59 Å². The highest BCUT2D eigenvalue weighted by atomic mass is 32.1. The molecule has 5 heteroatoms. The Hall–Kier alpha value is -1.62. The van der Waals surface area contributed by atoms with Gasteiger partial charge in [0, 0.05) is 0 Å². The maximum atomic E-state index is 11.6. The van der Waals surface area contributed by atoms with Crippen molar-refractivity contribution in [1.82, 2.24) is 0 Å². The van der Waals surface area contributed by atoms with Gasteiger partial charge in [-0.3, -0.25) is 9.59 Å². The fraction of sp³-hybridized carbons (Fsp3) is 0.273. The fourth-order valence-corrected chi connectivity index (χ4v) is 2.31. The minimum Gasteiger partial charge on any atom is -0.468 e. The summed E-state index contributed by atoms with van der Waals surface area (Å²) in [4.78, 5) is 23.3. The number of carbonyl (C=O) groups is 2. The zero-order chi connectivity index (χ0) is 11.8. The predicted octanol–water partition coefficient (Wildman–Crippen LogP) is 1.48. The number of esters is 2. The van der Waals surface area contributed by atoms with Gasteiger partial charge >= 0.3 is 11.9 Å². The van der Waals surface area contributed by atoms with Gasteiger partial charge in [0.15, 0.2) is 0 Å². The van der Waals surface area contributed by atoms with E-state index in [-0.39, 0.29) is 0 Å². The van der Waals surface area contributed by atoms with E-state index < -0.39 is 17.4 Å². The third-order valence-electron chi connectivity index (χ3n) is 2.55. The first kappa shape index (κ1) is 10.9. The van der Waals surface area contributed by atoms with Crippen LogP contribution in [0.5, 0.6) is 0 Å². The van der Waals surface area contributed by atoms with Crippen LogP contribution < -0.4 is 0 Å². The molecule has 0 unspecified atom stereocenters. The quantitative estimate of drug-likeness (QED) is 0.591. The summed E-state index contributed by atoms with van der Waals surface area (Å²) in [5.41, 5.74) is 0.207. The van der Waals surface area contributed by atoms with Crippen LogP contribution in [0, 0.1) is 5.41 Å².